The second-order valence-electron chi connectivity index (χ2n) is 3.98. The lowest BCUT2D eigenvalue weighted by Crippen LogP contribution is -1.71. The van der Waals surface area contributed by atoms with Crippen molar-refractivity contribution in [3.8, 4) is 17.4 Å². The van der Waals surface area contributed by atoms with Crippen molar-refractivity contribution in [1.29, 1.82) is 5.26 Å². The van der Waals surface area contributed by atoms with Crippen molar-refractivity contribution >= 4 is 22.6 Å². The number of benzene rings is 2. The Balaban J connectivity index is 2.13. The van der Waals surface area contributed by atoms with Gasteiger partial charge in [0.05, 0.1) is 11.6 Å². The number of nitrogens with zero attached hydrogens (tertiary/aromatic N) is 1. The Morgan fingerprint density at radius 3 is 2.50 bits per heavy atom. The van der Waals surface area contributed by atoms with E-state index in [4.69, 9.17) is 21.3 Å². The summed E-state index contributed by atoms with van der Waals surface area (Å²) in [5.41, 5.74) is 2.37. The highest BCUT2D eigenvalue weighted by molar-refractivity contribution is 6.30. The Morgan fingerprint density at radius 2 is 1.78 bits per heavy atom. The van der Waals surface area contributed by atoms with E-state index in [1.54, 1.807) is 6.07 Å². The molecule has 0 atom stereocenters. The van der Waals surface area contributed by atoms with Gasteiger partial charge in [-0.3, -0.25) is 0 Å². The van der Waals surface area contributed by atoms with E-state index in [0.29, 0.717) is 10.6 Å². The van der Waals surface area contributed by atoms with Crippen molar-refractivity contribution < 1.29 is 4.42 Å². The minimum atomic E-state index is 0.631. The minimum Gasteiger partial charge on any atom is -0.456 e. The molecule has 0 saturated heterocycles. The Hall–Kier alpha value is -2.24. The first-order valence-corrected chi connectivity index (χ1v) is 5.84. The number of rotatable bonds is 1. The van der Waals surface area contributed by atoms with Crippen LogP contribution in [0.1, 0.15) is 5.56 Å². The summed E-state index contributed by atoms with van der Waals surface area (Å²) in [4.78, 5) is 0. The maximum absolute atomic E-state index is 8.86. The predicted molar refractivity (Wildman–Crippen MR) is 71.4 cm³/mol. The summed E-state index contributed by atoms with van der Waals surface area (Å²) in [6.07, 6.45) is 0. The van der Waals surface area contributed by atoms with E-state index < -0.39 is 0 Å². The molecule has 0 radical (unpaired) electrons. The molecule has 0 unspecified atom stereocenters. The number of furan rings is 1. The molecule has 3 aromatic rings. The van der Waals surface area contributed by atoms with Crippen LogP contribution in [-0.4, -0.2) is 0 Å². The monoisotopic (exact) mass is 253 g/mol. The molecule has 0 aliphatic heterocycles. The number of fused-ring (bicyclic) bond motifs is 1. The molecule has 0 spiro atoms. The topological polar surface area (TPSA) is 36.9 Å². The van der Waals surface area contributed by atoms with Gasteiger partial charge in [0.2, 0.25) is 0 Å². The number of hydrogen-bond donors (Lipinski definition) is 0. The van der Waals surface area contributed by atoms with Crippen molar-refractivity contribution in [3.63, 3.8) is 0 Å². The van der Waals surface area contributed by atoms with E-state index in [1.807, 2.05) is 42.5 Å². The maximum atomic E-state index is 8.86. The van der Waals surface area contributed by atoms with Gasteiger partial charge in [0.1, 0.15) is 11.3 Å². The first-order chi connectivity index (χ1) is 8.76. The van der Waals surface area contributed by atoms with Crippen LogP contribution in [0.5, 0.6) is 0 Å². The van der Waals surface area contributed by atoms with Crippen LogP contribution in [0.25, 0.3) is 22.3 Å². The molecule has 86 valence electrons. The first kappa shape index (κ1) is 10.9. The molecule has 0 aliphatic rings. The summed E-state index contributed by atoms with van der Waals surface area (Å²) in [5, 5.41) is 10.5. The molecule has 2 nitrogen and oxygen atoms in total. The summed E-state index contributed by atoms with van der Waals surface area (Å²) in [6.45, 7) is 0. The average molecular weight is 254 g/mol. The van der Waals surface area contributed by atoms with Crippen LogP contribution in [0, 0.1) is 11.3 Å². The van der Waals surface area contributed by atoms with Crippen LogP contribution < -0.4 is 0 Å². The smallest absolute Gasteiger partial charge is 0.135 e. The van der Waals surface area contributed by atoms with E-state index in [2.05, 4.69) is 6.07 Å². The fourth-order valence-corrected chi connectivity index (χ4v) is 2.00. The van der Waals surface area contributed by atoms with Crippen LogP contribution in [0.3, 0.4) is 0 Å². The molecule has 0 saturated carbocycles. The van der Waals surface area contributed by atoms with E-state index in [0.717, 1.165) is 22.3 Å². The van der Waals surface area contributed by atoms with Gasteiger partial charge in [-0.05, 0) is 48.5 Å². The van der Waals surface area contributed by atoms with Crippen molar-refractivity contribution in [3.05, 3.63) is 59.1 Å². The molecule has 18 heavy (non-hydrogen) atoms. The minimum absolute atomic E-state index is 0.631. The predicted octanol–water partition coefficient (Wildman–Crippen LogP) is 4.62. The van der Waals surface area contributed by atoms with Gasteiger partial charge in [0.25, 0.3) is 0 Å². The lowest BCUT2D eigenvalue weighted by molar-refractivity contribution is 0.631. The third-order valence-electron chi connectivity index (χ3n) is 2.77. The van der Waals surface area contributed by atoms with Crippen molar-refractivity contribution in [2.45, 2.75) is 0 Å². The largest absolute Gasteiger partial charge is 0.456 e. The molecular weight excluding hydrogens is 246 g/mol. The highest BCUT2D eigenvalue weighted by atomic mass is 35.5. The molecule has 0 aliphatic carbocycles. The van der Waals surface area contributed by atoms with E-state index in [1.165, 1.54) is 0 Å². The standard InChI is InChI=1S/C15H8ClNO/c16-13-4-2-11(3-5-13)15-8-12-7-10(9-17)1-6-14(12)18-15/h1-8H. The van der Waals surface area contributed by atoms with Gasteiger partial charge in [0.15, 0.2) is 0 Å². The SMILES string of the molecule is N#Cc1ccc2oc(-c3ccc(Cl)cc3)cc2c1. The molecule has 0 bridgehead atoms. The van der Waals surface area contributed by atoms with Crippen molar-refractivity contribution in [1.82, 2.24) is 0 Å². The highest BCUT2D eigenvalue weighted by Gasteiger charge is 2.06. The maximum Gasteiger partial charge on any atom is 0.135 e. The summed E-state index contributed by atoms with van der Waals surface area (Å²) in [6, 6.07) is 16.9. The third-order valence-corrected chi connectivity index (χ3v) is 3.03. The molecule has 3 heteroatoms. The Bertz CT molecular complexity index is 750. The van der Waals surface area contributed by atoms with Gasteiger partial charge >= 0.3 is 0 Å². The Morgan fingerprint density at radius 1 is 1.00 bits per heavy atom. The summed E-state index contributed by atoms with van der Waals surface area (Å²) in [5.74, 6) is 0.775. The third kappa shape index (κ3) is 1.85. The fourth-order valence-electron chi connectivity index (χ4n) is 1.87. The highest BCUT2D eigenvalue weighted by Crippen LogP contribution is 2.29. The summed E-state index contributed by atoms with van der Waals surface area (Å²) < 4.78 is 5.74. The first-order valence-electron chi connectivity index (χ1n) is 5.46. The van der Waals surface area contributed by atoms with Crippen molar-refractivity contribution in [2.75, 3.05) is 0 Å². The molecule has 0 fully saturated rings. The zero-order chi connectivity index (χ0) is 12.5. The van der Waals surface area contributed by atoms with Gasteiger partial charge in [-0.2, -0.15) is 5.26 Å². The van der Waals surface area contributed by atoms with E-state index in [9.17, 15) is 0 Å². The fraction of sp³-hybridized carbons (Fsp3) is 0. The molecule has 1 aromatic heterocycles. The zero-order valence-electron chi connectivity index (χ0n) is 9.35. The van der Waals surface area contributed by atoms with Crippen molar-refractivity contribution in [2.24, 2.45) is 0 Å². The van der Waals surface area contributed by atoms with Crippen LogP contribution in [0.2, 0.25) is 5.02 Å². The molecule has 0 N–H and O–H groups in total. The van der Waals surface area contributed by atoms with Crippen LogP contribution in [-0.2, 0) is 0 Å². The summed E-state index contributed by atoms with van der Waals surface area (Å²) >= 11 is 5.85. The zero-order valence-corrected chi connectivity index (χ0v) is 10.1. The Labute approximate surface area is 109 Å². The van der Waals surface area contributed by atoms with Gasteiger partial charge in [0, 0.05) is 16.0 Å². The number of halogens is 1. The molecule has 0 amide bonds. The lowest BCUT2D eigenvalue weighted by Gasteiger charge is -1.95. The number of hydrogen-bond acceptors (Lipinski definition) is 2. The second-order valence-corrected chi connectivity index (χ2v) is 4.42. The quantitative estimate of drug-likeness (QED) is 0.634. The summed E-state index contributed by atoms with van der Waals surface area (Å²) in [7, 11) is 0. The molecule has 3 rings (SSSR count). The average Bonchev–Trinajstić information content (AvgIpc) is 2.82. The van der Waals surface area contributed by atoms with Crippen LogP contribution in [0.15, 0.2) is 52.9 Å². The van der Waals surface area contributed by atoms with Gasteiger partial charge in [-0.1, -0.05) is 11.6 Å². The van der Waals surface area contributed by atoms with E-state index >= 15 is 0 Å². The normalized spacial score (nSPS) is 10.4. The number of nitriles is 1. The van der Waals surface area contributed by atoms with Gasteiger partial charge in [-0.25, -0.2) is 0 Å². The van der Waals surface area contributed by atoms with Crippen LogP contribution in [0.4, 0.5) is 0 Å². The second kappa shape index (κ2) is 4.21. The molecule has 2 aromatic carbocycles. The van der Waals surface area contributed by atoms with Gasteiger partial charge < -0.3 is 4.42 Å². The molecular formula is C15H8ClNO. The molecule has 1 heterocycles. The van der Waals surface area contributed by atoms with E-state index in [-0.39, 0.29) is 0 Å². The Kier molecular flexibility index (Phi) is 2.55. The van der Waals surface area contributed by atoms with Crippen LogP contribution >= 0.6 is 11.6 Å². The lowest BCUT2D eigenvalue weighted by atomic mass is 10.1. The van der Waals surface area contributed by atoms with Gasteiger partial charge in [-0.15, -0.1) is 0 Å².